The molecule has 0 saturated heterocycles. The quantitative estimate of drug-likeness (QED) is 0.270. The second kappa shape index (κ2) is 9.79. The summed E-state index contributed by atoms with van der Waals surface area (Å²) in [6.45, 7) is 6.11. The smallest absolute Gasteiger partial charge is 0.262 e. The van der Waals surface area contributed by atoms with Crippen molar-refractivity contribution in [1.82, 2.24) is 14.5 Å². The van der Waals surface area contributed by atoms with Crippen LogP contribution in [0, 0.1) is 26.6 Å². The summed E-state index contributed by atoms with van der Waals surface area (Å²) in [5.74, 6) is -1.02. The van der Waals surface area contributed by atoms with Crippen LogP contribution in [-0.2, 0) is 13.0 Å². The summed E-state index contributed by atoms with van der Waals surface area (Å²) in [5, 5.41) is 11.4. The van der Waals surface area contributed by atoms with Gasteiger partial charge < -0.3 is 5.11 Å². The zero-order chi connectivity index (χ0) is 25.4. The molecule has 8 heteroatoms. The van der Waals surface area contributed by atoms with Crippen LogP contribution >= 0.6 is 22.7 Å². The summed E-state index contributed by atoms with van der Waals surface area (Å²) in [4.78, 5) is 26.1. The lowest BCUT2D eigenvalue weighted by molar-refractivity contribution is 0.433. The Bertz CT molecular complexity index is 1620. The van der Waals surface area contributed by atoms with Crippen molar-refractivity contribution in [3.63, 3.8) is 0 Å². The Balaban J connectivity index is 1.67. The highest BCUT2D eigenvalue weighted by Crippen LogP contribution is 2.40. The zero-order valence-electron chi connectivity index (χ0n) is 20.1. The molecular weight excluding hydrogens is 493 g/mol. The number of hydrogen-bond acceptors (Lipinski definition) is 6. The molecule has 2 aromatic carbocycles. The lowest BCUT2D eigenvalue weighted by atomic mass is 10.1. The summed E-state index contributed by atoms with van der Waals surface area (Å²) in [7, 11) is 0. The normalized spacial score (nSPS) is 11.2. The highest BCUT2D eigenvalue weighted by atomic mass is 32.1. The number of aryl methyl sites for hydroxylation is 4. The average molecular weight is 518 g/mol. The van der Waals surface area contributed by atoms with Crippen molar-refractivity contribution < 1.29 is 9.50 Å². The van der Waals surface area contributed by atoms with Gasteiger partial charge in [-0.1, -0.05) is 36.4 Å². The van der Waals surface area contributed by atoms with Crippen LogP contribution in [0.1, 0.15) is 21.8 Å². The van der Waals surface area contributed by atoms with Gasteiger partial charge in [-0.25, -0.2) is 14.4 Å². The van der Waals surface area contributed by atoms with Crippen LogP contribution < -0.4 is 5.56 Å². The maximum atomic E-state index is 14.2. The summed E-state index contributed by atoms with van der Waals surface area (Å²) < 4.78 is 15.8. The van der Waals surface area contributed by atoms with E-state index in [1.807, 2.05) is 56.4 Å². The average Bonchev–Trinajstić information content (AvgIpc) is 3.46. The molecule has 0 saturated carbocycles. The van der Waals surface area contributed by atoms with E-state index in [4.69, 9.17) is 4.98 Å². The number of phenolic OH excluding ortho intramolecular Hbond substituents is 1. The number of rotatable bonds is 6. The summed E-state index contributed by atoms with van der Waals surface area (Å²) >= 11 is 3.17. The van der Waals surface area contributed by atoms with Crippen molar-refractivity contribution in [2.75, 3.05) is 0 Å². The molecule has 182 valence electrons. The number of aromatic hydroxyl groups is 1. The third kappa shape index (κ3) is 4.50. The molecule has 0 aliphatic rings. The standard InChI is InChI=1S/C28H24FN3O2S2/c1-16-14-22(36-26(16)23-15-30-18(3)35-23)24-17(2)31-27(20-10-7-11-21(29)25(20)33)32(28(24)34)13-12-19-8-5-4-6-9-19/h4-11,14-15,33H,12-13H2,1-3H3. The van der Waals surface area contributed by atoms with Gasteiger partial charge in [0.2, 0.25) is 0 Å². The molecule has 0 unspecified atom stereocenters. The van der Waals surface area contributed by atoms with E-state index in [1.54, 1.807) is 40.2 Å². The van der Waals surface area contributed by atoms with Gasteiger partial charge in [0.05, 0.1) is 26.7 Å². The minimum atomic E-state index is -0.753. The molecule has 1 N–H and O–H groups in total. The Morgan fingerprint density at radius 1 is 1.00 bits per heavy atom. The molecule has 0 aliphatic heterocycles. The van der Waals surface area contributed by atoms with Gasteiger partial charge in [-0.3, -0.25) is 9.36 Å². The molecule has 0 bridgehead atoms. The first kappa shape index (κ1) is 24.1. The number of nitrogens with zero attached hydrogens (tertiary/aromatic N) is 3. The molecule has 36 heavy (non-hydrogen) atoms. The number of phenols is 1. The molecule has 0 aliphatic carbocycles. The van der Waals surface area contributed by atoms with Crippen LogP contribution in [0.4, 0.5) is 4.39 Å². The number of thiazole rings is 1. The fourth-order valence-corrected chi connectivity index (χ4v) is 6.45. The maximum Gasteiger partial charge on any atom is 0.262 e. The molecule has 5 nitrogen and oxygen atoms in total. The number of aromatic nitrogens is 3. The van der Waals surface area contributed by atoms with E-state index in [0.717, 1.165) is 30.8 Å². The van der Waals surface area contributed by atoms with E-state index >= 15 is 0 Å². The molecule has 3 heterocycles. The SMILES string of the molecule is Cc1ncc(-c2sc(-c3c(C)nc(-c4cccc(F)c4O)n(CCc4ccccc4)c3=O)cc2C)s1. The zero-order valence-corrected chi connectivity index (χ0v) is 21.7. The minimum absolute atomic E-state index is 0.193. The Labute approximate surface area is 216 Å². The number of para-hydroxylation sites is 1. The Kier molecular flexibility index (Phi) is 6.55. The highest BCUT2D eigenvalue weighted by molar-refractivity contribution is 7.23. The van der Waals surface area contributed by atoms with E-state index in [0.29, 0.717) is 24.2 Å². The minimum Gasteiger partial charge on any atom is -0.504 e. The lowest BCUT2D eigenvalue weighted by Gasteiger charge is -2.16. The summed E-state index contributed by atoms with van der Waals surface area (Å²) in [5.41, 5.74) is 3.16. The lowest BCUT2D eigenvalue weighted by Crippen LogP contribution is -2.27. The molecule has 0 atom stereocenters. The van der Waals surface area contributed by atoms with Gasteiger partial charge >= 0.3 is 0 Å². The van der Waals surface area contributed by atoms with Gasteiger partial charge in [-0.2, -0.15) is 0 Å². The predicted molar refractivity (Wildman–Crippen MR) is 144 cm³/mol. The third-order valence-corrected chi connectivity index (χ3v) is 8.40. The van der Waals surface area contributed by atoms with Crippen LogP contribution in [0.2, 0.25) is 0 Å². The van der Waals surface area contributed by atoms with Crippen LogP contribution in [0.3, 0.4) is 0 Å². The van der Waals surface area contributed by atoms with Crippen molar-refractivity contribution in [3.05, 3.63) is 98.8 Å². The van der Waals surface area contributed by atoms with Crippen LogP contribution in [0.5, 0.6) is 5.75 Å². The van der Waals surface area contributed by atoms with Crippen molar-refractivity contribution in [2.24, 2.45) is 0 Å². The Morgan fingerprint density at radius 3 is 2.50 bits per heavy atom. The monoisotopic (exact) mass is 517 g/mol. The number of halogens is 1. The number of hydrogen-bond donors (Lipinski definition) is 1. The molecule has 0 radical (unpaired) electrons. The van der Waals surface area contributed by atoms with E-state index in [2.05, 4.69) is 4.98 Å². The first-order valence-electron chi connectivity index (χ1n) is 11.5. The van der Waals surface area contributed by atoms with Crippen molar-refractivity contribution in [2.45, 2.75) is 33.7 Å². The first-order valence-corrected chi connectivity index (χ1v) is 13.1. The molecular formula is C28H24FN3O2S2. The van der Waals surface area contributed by atoms with Crippen molar-refractivity contribution >= 4 is 22.7 Å². The van der Waals surface area contributed by atoms with E-state index < -0.39 is 11.6 Å². The predicted octanol–water partition coefficient (Wildman–Crippen LogP) is 6.77. The number of thiophene rings is 1. The topological polar surface area (TPSA) is 68.0 Å². The Hall–Kier alpha value is -3.62. The van der Waals surface area contributed by atoms with E-state index in [9.17, 15) is 14.3 Å². The highest BCUT2D eigenvalue weighted by Gasteiger charge is 2.22. The van der Waals surface area contributed by atoms with Gasteiger partial charge in [0.1, 0.15) is 5.82 Å². The van der Waals surface area contributed by atoms with Gasteiger partial charge in [0, 0.05) is 22.5 Å². The molecule has 0 amide bonds. The maximum absolute atomic E-state index is 14.2. The summed E-state index contributed by atoms with van der Waals surface area (Å²) in [6.07, 6.45) is 2.45. The third-order valence-electron chi connectivity index (χ3n) is 6.05. The van der Waals surface area contributed by atoms with Gasteiger partial charge in [0.15, 0.2) is 11.6 Å². The largest absolute Gasteiger partial charge is 0.504 e. The van der Waals surface area contributed by atoms with Gasteiger partial charge in [0.25, 0.3) is 5.56 Å². The second-order valence-corrected chi connectivity index (χ2v) is 10.9. The fourth-order valence-electron chi connectivity index (χ4n) is 4.26. The summed E-state index contributed by atoms with van der Waals surface area (Å²) in [6, 6.07) is 16.1. The number of benzene rings is 2. The van der Waals surface area contributed by atoms with Crippen molar-refractivity contribution in [1.29, 1.82) is 0 Å². The van der Waals surface area contributed by atoms with E-state index in [1.165, 1.54) is 12.1 Å². The van der Waals surface area contributed by atoms with Crippen molar-refractivity contribution in [3.8, 4) is 37.3 Å². The molecule has 3 aromatic heterocycles. The van der Waals surface area contributed by atoms with E-state index in [-0.39, 0.29) is 16.9 Å². The fraction of sp³-hybridized carbons (Fsp3) is 0.179. The first-order chi connectivity index (χ1) is 17.3. The van der Waals surface area contributed by atoms with Crippen LogP contribution in [-0.4, -0.2) is 19.6 Å². The molecule has 5 rings (SSSR count). The molecule has 0 fully saturated rings. The Morgan fingerprint density at radius 2 is 1.78 bits per heavy atom. The van der Waals surface area contributed by atoms with Gasteiger partial charge in [-0.05, 0) is 56.5 Å². The van der Waals surface area contributed by atoms with Crippen LogP contribution in [0.15, 0.2) is 65.6 Å². The van der Waals surface area contributed by atoms with Gasteiger partial charge in [-0.15, -0.1) is 22.7 Å². The molecule has 0 spiro atoms. The van der Waals surface area contributed by atoms with Crippen LogP contribution in [0.25, 0.3) is 31.6 Å². The second-order valence-electron chi connectivity index (χ2n) is 8.59. The molecule has 5 aromatic rings.